The summed E-state index contributed by atoms with van der Waals surface area (Å²) in [4.78, 5) is 17.5. The Morgan fingerprint density at radius 2 is 0.960 bits per heavy atom. The number of nitrogens with zero attached hydrogens (tertiary/aromatic N) is 4. The van der Waals surface area contributed by atoms with Gasteiger partial charge in [0.15, 0.2) is 11.6 Å². The zero-order valence-electron chi connectivity index (χ0n) is 13.8. The van der Waals surface area contributed by atoms with E-state index >= 15 is 0 Å². The fourth-order valence-electron chi connectivity index (χ4n) is 2.69. The normalized spacial score (nSPS) is 10.6. The van der Waals surface area contributed by atoms with Gasteiger partial charge in [0, 0.05) is 35.9 Å². The lowest BCUT2D eigenvalue weighted by atomic mass is 9.98. The Kier molecular flexibility index (Phi) is 4.01. The first-order valence-corrected chi connectivity index (χ1v) is 8.06. The van der Waals surface area contributed by atoms with Gasteiger partial charge in [0.05, 0.1) is 0 Å². The molecule has 0 saturated carbocycles. The molecule has 4 rings (SSSR count). The summed E-state index contributed by atoms with van der Waals surface area (Å²) >= 11 is 0. The Hall–Kier alpha value is -3.40. The fraction of sp³-hybridized carbons (Fsp3) is 0.0476. The van der Waals surface area contributed by atoms with Crippen LogP contribution in [0.25, 0.3) is 33.9 Å². The number of benzene rings is 2. The Bertz CT molecular complexity index is 924. The molecule has 4 heteroatoms. The molecule has 2 aromatic heterocycles. The number of rotatable bonds is 3. The summed E-state index contributed by atoms with van der Waals surface area (Å²) in [6.45, 7) is 2.08. The topological polar surface area (TPSA) is 51.6 Å². The molecule has 2 aromatic carbocycles. The highest BCUT2D eigenvalue weighted by atomic mass is 14.9. The molecule has 0 amide bonds. The molecule has 0 bridgehead atoms. The molecule has 0 aliphatic rings. The molecule has 0 saturated heterocycles. The molecule has 0 spiro atoms. The van der Waals surface area contributed by atoms with E-state index in [1.165, 1.54) is 5.56 Å². The monoisotopic (exact) mass is 324 g/mol. The van der Waals surface area contributed by atoms with Crippen molar-refractivity contribution in [3.05, 3.63) is 84.9 Å². The fourth-order valence-corrected chi connectivity index (χ4v) is 2.69. The van der Waals surface area contributed by atoms with Gasteiger partial charge in [-0.25, -0.2) is 19.9 Å². The molecule has 0 atom stereocenters. The first-order valence-electron chi connectivity index (χ1n) is 8.06. The van der Waals surface area contributed by atoms with E-state index in [2.05, 4.69) is 63.3 Å². The third-order valence-corrected chi connectivity index (χ3v) is 3.97. The highest BCUT2D eigenvalue weighted by molar-refractivity contribution is 5.77. The van der Waals surface area contributed by atoms with E-state index in [4.69, 9.17) is 0 Å². The van der Waals surface area contributed by atoms with Crippen LogP contribution >= 0.6 is 0 Å². The average Bonchev–Trinajstić information content (AvgIpc) is 2.69. The van der Waals surface area contributed by atoms with Gasteiger partial charge in [-0.15, -0.1) is 0 Å². The number of aromatic nitrogens is 4. The van der Waals surface area contributed by atoms with Gasteiger partial charge in [-0.2, -0.15) is 0 Å². The largest absolute Gasteiger partial charge is 0.237 e. The smallest absolute Gasteiger partial charge is 0.159 e. The molecular weight excluding hydrogens is 308 g/mol. The van der Waals surface area contributed by atoms with Gasteiger partial charge in [0.1, 0.15) is 0 Å². The maximum absolute atomic E-state index is 4.38. The standard InChI is InChI=1S/C21H16N4/c1-15-4-6-16(7-5-15)17-12-18(20-22-8-2-9-23-20)14-19(13-17)21-24-10-3-11-25-21/h2-14H,1H3. The van der Waals surface area contributed by atoms with Crippen LogP contribution < -0.4 is 0 Å². The highest BCUT2D eigenvalue weighted by Gasteiger charge is 2.10. The summed E-state index contributed by atoms with van der Waals surface area (Å²) in [7, 11) is 0. The minimum atomic E-state index is 0.689. The van der Waals surface area contributed by atoms with E-state index in [0.717, 1.165) is 22.3 Å². The predicted octanol–water partition coefficient (Wildman–Crippen LogP) is 4.58. The zero-order valence-corrected chi connectivity index (χ0v) is 13.8. The van der Waals surface area contributed by atoms with Crippen LogP contribution in [0, 0.1) is 6.92 Å². The summed E-state index contributed by atoms with van der Waals surface area (Å²) in [5.74, 6) is 1.38. The van der Waals surface area contributed by atoms with Crippen molar-refractivity contribution < 1.29 is 0 Å². The van der Waals surface area contributed by atoms with Crippen LogP contribution in [-0.4, -0.2) is 19.9 Å². The zero-order chi connectivity index (χ0) is 17.1. The second kappa shape index (κ2) is 6.61. The molecular formula is C21H16N4. The quantitative estimate of drug-likeness (QED) is 0.553. The van der Waals surface area contributed by atoms with Gasteiger partial charge in [0.2, 0.25) is 0 Å². The van der Waals surface area contributed by atoms with Crippen LogP contribution in [0.5, 0.6) is 0 Å². The molecule has 2 heterocycles. The number of hydrogen-bond donors (Lipinski definition) is 0. The van der Waals surface area contributed by atoms with Crippen LogP contribution in [0.4, 0.5) is 0 Å². The van der Waals surface area contributed by atoms with Crippen molar-refractivity contribution in [3.63, 3.8) is 0 Å². The van der Waals surface area contributed by atoms with Crippen molar-refractivity contribution >= 4 is 0 Å². The van der Waals surface area contributed by atoms with E-state index < -0.39 is 0 Å². The molecule has 0 aliphatic heterocycles. The molecule has 25 heavy (non-hydrogen) atoms. The second-order valence-corrected chi connectivity index (χ2v) is 5.81. The van der Waals surface area contributed by atoms with Crippen molar-refractivity contribution in [2.45, 2.75) is 6.92 Å². The van der Waals surface area contributed by atoms with Gasteiger partial charge in [-0.3, -0.25) is 0 Å². The summed E-state index contributed by atoms with van der Waals surface area (Å²) in [5.41, 5.74) is 5.35. The van der Waals surface area contributed by atoms with E-state index in [-0.39, 0.29) is 0 Å². The van der Waals surface area contributed by atoms with Crippen LogP contribution in [0.2, 0.25) is 0 Å². The second-order valence-electron chi connectivity index (χ2n) is 5.81. The highest BCUT2D eigenvalue weighted by Crippen LogP contribution is 2.30. The van der Waals surface area contributed by atoms with Crippen LogP contribution in [0.15, 0.2) is 79.4 Å². The predicted molar refractivity (Wildman–Crippen MR) is 98.7 cm³/mol. The lowest BCUT2D eigenvalue weighted by molar-refractivity contribution is 1.16. The first-order chi connectivity index (χ1) is 12.3. The van der Waals surface area contributed by atoms with E-state index in [9.17, 15) is 0 Å². The Morgan fingerprint density at radius 3 is 1.44 bits per heavy atom. The number of hydrogen-bond acceptors (Lipinski definition) is 4. The minimum absolute atomic E-state index is 0.689. The maximum atomic E-state index is 4.38. The maximum Gasteiger partial charge on any atom is 0.159 e. The van der Waals surface area contributed by atoms with Gasteiger partial charge in [-0.1, -0.05) is 29.8 Å². The summed E-state index contributed by atoms with van der Waals surface area (Å²) in [5, 5.41) is 0. The third-order valence-electron chi connectivity index (χ3n) is 3.97. The van der Waals surface area contributed by atoms with Crippen molar-refractivity contribution in [1.82, 2.24) is 19.9 Å². The number of aryl methyl sites for hydroxylation is 1. The Morgan fingerprint density at radius 1 is 0.520 bits per heavy atom. The van der Waals surface area contributed by atoms with Crippen LogP contribution in [0.1, 0.15) is 5.56 Å². The Labute approximate surface area is 146 Å². The van der Waals surface area contributed by atoms with Gasteiger partial charge >= 0.3 is 0 Å². The lowest BCUT2D eigenvalue weighted by Gasteiger charge is -2.09. The van der Waals surface area contributed by atoms with Crippen LogP contribution in [-0.2, 0) is 0 Å². The van der Waals surface area contributed by atoms with Crippen LogP contribution in [0.3, 0.4) is 0 Å². The lowest BCUT2D eigenvalue weighted by Crippen LogP contribution is -1.92. The average molecular weight is 324 g/mol. The summed E-state index contributed by atoms with van der Waals surface area (Å²) in [6, 6.07) is 18.3. The van der Waals surface area contributed by atoms with Crippen molar-refractivity contribution in [1.29, 1.82) is 0 Å². The molecule has 0 aliphatic carbocycles. The Balaban J connectivity index is 1.90. The third kappa shape index (κ3) is 3.28. The molecule has 120 valence electrons. The molecule has 4 nitrogen and oxygen atoms in total. The van der Waals surface area contributed by atoms with Gasteiger partial charge < -0.3 is 0 Å². The molecule has 0 radical (unpaired) electrons. The van der Waals surface area contributed by atoms with Gasteiger partial charge in [0.25, 0.3) is 0 Å². The van der Waals surface area contributed by atoms with E-state index in [0.29, 0.717) is 11.6 Å². The molecule has 0 N–H and O–H groups in total. The molecule has 4 aromatic rings. The summed E-state index contributed by atoms with van der Waals surface area (Å²) < 4.78 is 0. The summed E-state index contributed by atoms with van der Waals surface area (Å²) in [6.07, 6.45) is 7.00. The minimum Gasteiger partial charge on any atom is -0.237 e. The van der Waals surface area contributed by atoms with Crippen molar-refractivity contribution in [2.24, 2.45) is 0 Å². The van der Waals surface area contributed by atoms with Crippen molar-refractivity contribution in [2.75, 3.05) is 0 Å². The van der Waals surface area contributed by atoms with Crippen molar-refractivity contribution in [3.8, 4) is 33.9 Å². The van der Waals surface area contributed by atoms with E-state index in [1.807, 2.05) is 18.2 Å². The molecule has 0 fully saturated rings. The first kappa shape index (κ1) is 15.1. The SMILES string of the molecule is Cc1ccc(-c2cc(-c3ncccn3)cc(-c3ncccn3)c2)cc1. The molecule has 0 unspecified atom stereocenters. The van der Waals surface area contributed by atoms with Gasteiger partial charge in [-0.05, 0) is 48.4 Å². The van der Waals surface area contributed by atoms with E-state index in [1.54, 1.807) is 24.8 Å².